The zero-order chi connectivity index (χ0) is 17.1. The van der Waals surface area contributed by atoms with Crippen molar-refractivity contribution in [2.24, 2.45) is 0 Å². The van der Waals surface area contributed by atoms with Gasteiger partial charge in [0.1, 0.15) is 17.2 Å². The van der Waals surface area contributed by atoms with Crippen LogP contribution >= 0.6 is 0 Å². The molecule has 122 valence electrons. The molecule has 0 atom stereocenters. The van der Waals surface area contributed by atoms with Crippen molar-refractivity contribution >= 4 is 5.69 Å². The molecule has 3 aromatic rings. The van der Waals surface area contributed by atoms with E-state index in [1.807, 2.05) is 24.3 Å². The zero-order valence-corrected chi connectivity index (χ0v) is 13.1. The first-order valence-corrected chi connectivity index (χ1v) is 7.67. The summed E-state index contributed by atoms with van der Waals surface area (Å²) in [6.07, 6.45) is 1.06. The average Bonchev–Trinajstić information content (AvgIpc) is 2.56. The van der Waals surface area contributed by atoms with Gasteiger partial charge in [-0.05, 0) is 47.5 Å². The molecule has 0 bridgehead atoms. The van der Waals surface area contributed by atoms with Crippen molar-refractivity contribution < 1.29 is 15.3 Å². The molecule has 0 aliphatic heterocycles. The Morgan fingerprint density at radius 2 is 1.00 bits per heavy atom. The fourth-order valence-electron chi connectivity index (χ4n) is 2.72. The number of aromatic hydroxyl groups is 3. The van der Waals surface area contributed by atoms with Crippen molar-refractivity contribution in [3.8, 4) is 17.2 Å². The molecule has 0 fully saturated rings. The molecule has 0 radical (unpaired) electrons. The number of hydrogen-bond acceptors (Lipinski definition) is 4. The number of hydrogen-bond donors (Lipinski definition) is 4. The first kappa shape index (κ1) is 15.7. The summed E-state index contributed by atoms with van der Waals surface area (Å²) in [7, 11) is 0. The predicted molar refractivity (Wildman–Crippen MR) is 94.3 cm³/mol. The second-order valence-corrected chi connectivity index (χ2v) is 5.87. The highest BCUT2D eigenvalue weighted by molar-refractivity contribution is 5.55. The Balaban J connectivity index is 1.89. The summed E-state index contributed by atoms with van der Waals surface area (Å²) in [6, 6.07) is 17.3. The van der Waals surface area contributed by atoms with E-state index >= 15 is 0 Å². The minimum absolute atomic E-state index is 0.212. The van der Waals surface area contributed by atoms with Crippen LogP contribution in [-0.4, -0.2) is 15.3 Å². The Morgan fingerprint density at radius 3 is 1.38 bits per heavy atom. The molecule has 0 saturated heterocycles. The molecule has 3 rings (SSSR count). The van der Waals surface area contributed by atoms with Gasteiger partial charge in [-0.15, -0.1) is 0 Å². The molecule has 4 heteroatoms. The summed E-state index contributed by atoms with van der Waals surface area (Å²) >= 11 is 0. The lowest BCUT2D eigenvalue weighted by Crippen LogP contribution is -1.98. The SMILES string of the molecule is Nc1cc(Cc2ccc(O)cc2)c(O)c(Cc2ccc(O)cc2)c1. The topological polar surface area (TPSA) is 86.7 Å². The molecule has 4 nitrogen and oxygen atoms in total. The number of rotatable bonds is 4. The van der Waals surface area contributed by atoms with Crippen LogP contribution in [-0.2, 0) is 12.8 Å². The van der Waals surface area contributed by atoms with Crippen molar-refractivity contribution in [3.05, 3.63) is 82.9 Å². The number of nitrogens with two attached hydrogens (primary N) is 1. The molecule has 0 saturated carbocycles. The Labute approximate surface area is 140 Å². The quantitative estimate of drug-likeness (QED) is 0.437. The first-order chi connectivity index (χ1) is 11.5. The maximum Gasteiger partial charge on any atom is 0.122 e. The number of nitrogen functional groups attached to an aromatic ring is 1. The van der Waals surface area contributed by atoms with Gasteiger partial charge in [-0.25, -0.2) is 0 Å². The molecule has 0 spiro atoms. The highest BCUT2D eigenvalue weighted by Crippen LogP contribution is 2.30. The lowest BCUT2D eigenvalue weighted by Gasteiger charge is -2.12. The van der Waals surface area contributed by atoms with Crippen molar-refractivity contribution in [2.75, 3.05) is 5.73 Å². The molecule has 0 aliphatic rings. The second-order valence-electron chi connectivity index (χ2n) is 5.87. The van der Waals surface area contributed by atoms with Gasteiger partial charge >= 0.3 is 0 Å². The molecule has 0 aromatic heterocycles. The predicted octanol–water partition coefficient (Wildman–Crippen LogP) is 3.57. The van der Waals surface area contributed by atoms with Crippen molar-refractivity contribution in [2.45, 2.75) is 12.8 Å². The van der Waals surface area contributed by atoms with Crippen LogP contribution in [0.15, 0.2) is 60.7 Å². The number of phenolic OH excluding ortho intramolecular Hbond substituents is 3. The maximum absolute atomic E-state index is 10.6. The van der Waals surface area contributed by atoms with E-state index in [1.165, 1.54) is 0 Å². The van der Waals surface area contributed by atoms with Crippen molar-refractivity contribution in [3.63, 3.8) is 0 Å². The number of benzene rings is 3. The van der Waals surface area contributed by atoms with Gasteiger partial charge in [-0.2, -0.15) is 0 Å². The van der Waals surface area contributed by atoms with Gasteiger partial charge in [0.25, 0.3) is 0 Å². The summed E-state index contributed by atoms with van der Waals surface area (Å²) in [4.78, 5) is 0. The van der Waals surface area contributed by atoms with Crippen LogP contribution in [0.4, 0.5) is 5.69 Å². The lowest BCUT2D eigenvalue weighted by molar-refractivity contribution is 0.463. The van der Waals surface area contributed by atoms with Gasteiger partial charge in [0.2, 0.25) is 0 Å². The molecule has 24 heavy (non-hydrogen) atoms. The molecule has 3 aromatic carbocycles. The third-order valence-electron chi connectivity index (χ3n) is 3.95. The van der Waals surface area contributed by atoms with Crippen molar-refractivity contribution in [1.29, 1.82) is 0 Å². The zero-order valence-electron chi connectivity index (χ0n) is 13.1. The Hall–Kier alpha value is -3.14. The van der Waals surface area contributed by atoms with Gasteiger partial charge < -0.3 is 21.1 Å². The van der Waals surface area contributed by atoms with Crippen LogP contribution in [0.3, 0.4) is 0 Å². The number of anilines is 1. The second kappa shape index (κ2) is 6.54. The normalized spacial score (nSPS) is 10.7. The van der Waals surface area contributed by atoms with Crippen LogP contribution in [0, 0.1) is 0 Å². The summed E-state index contributed by atoms with van der Waals surface area (Å²) < 4.78 is 0. The third-order valence-corrected chi connectivity index (χ3v) is 3.95. The minimum Gasteiger partial charge on any atom is -0.508 e. The average molecular weight is 321 g/mol. The van der Waals surface area contributed by atoms with E-state index in [9.17, 15) is 15.3 Å². The van der Waals surface area contributed by atoms with E-state index < -0.39 is 0 Å². The standard InChI is InChI=1S/C20H19NO3/c21-17-11-15(9-13-1-5-18(22)6-2-13)20(24)16(12-17)10-14-3-7-19(23)8-4-14/h1-8,11-12,22-24H,9-10,21H2. The van der Waals surface area contributed by atoms with Crippen LogP contribution in [0.2, 0.25) is 0 Å². The smallest absolute Gasteiger partial charge is 0.122 e. The summed E-state index contributed by atoms with van der Waals surface area (Å²) in [5, 5.41) is 29.3. The third kappa shape index (κ3) is 3.60. The van der Waals surface area contributed by atoms with E-state index in [0.29, 0.717) is 18.5 Å². The Bertz CT molecular complexity index is 771. The van der Waals surface area contributed by atoms with Gasteiger partial charge in [-0.3, -0.25) is 0 Å². The molecule has 0 unspecified atom stereocenters. The van der Waals surface area contributed by atoms with Crippen LogP contribution < -0.4 is 5.73 Å². The molecule has 0 amide bonds. The minimum atomic E-state index is 0.212. The molecule has 0 aliphatic carbocycles. The molecular weight excluding hydrogens is 302 g/mol. The van der Waals surface area contributed by atoms with Gasteiger partial charge in [0, 0.05) is 29.7 Å². The van der Waals surface area contributed by atoms with Crippen LogP contribution in [0.25, 0.3) is 0 Å². The van der Waals surface area contributed by atoms with Crippen LogP contribution in [0.1, 0.15) is 22.3 Å². The van der Waals surface area contributed by atoms with Crippen molar-refractivity contribution in [1.82, 2.24) is 0 Å². The summed E-state index contributed by atoms with van der Waals surface area (Å²) in [6.45, 7) is 0. The van der Waals surface area contributed by atoms with E-state index in [1.54, 1.807) is 36.4 Å². The fraction of sp³-hybridized carbons (Fsp3) is 0.100. The van der Waals surface area contributed by atoms with E-state index in [2.05, 4.69) is 0 Å². The maximum atomic E-state index is 10.6. The van der Waals surface area contributed by atoms with Gasteiger partial charge in [0.15, 0.2) is 0 Å². The largest absolute Gasteiger partial charge is 0.508 e. The highest BCUT2D eigenvalue weighted by Gasteiger charge is 2.11. The fourth-order valence-corrected chi connectivity index (χ4v) is 2.72. The van der Waals surface area contributed by atoms with Gasteiger partial charge in [0.05, 0.1) is 0 Å². The van der Waals surface area contributed by atoms with E-state index in [4.69, 9.17) is 5.73 Å². The summed E-state index contributed by atoms with van der Waals surface area (Å²) in [5.74, 6) is 0.650. The Morgan fingerprint density at radius 1 is 0.625 bits per heavy atom. The lowest BCUT2D eigenvalue weighted by atomic mass is 9.96. The highest BCUT2D eigenvalue weighted by atomic mass is 16.3. The number of phenols is 3. The first-order valence-electron chi connectivity index (χ1n) is 7.67. The van der Waals surface area contributed by atoms with E-state index in [-0.39, 0.29) is 17.2 Å². The summed E-state index contributed by atoms with van der Waals surface area (Å²) in [5.41, 5.74) is 10.0. The molecule has 0 heterocycles. The van der Waals surface area contributed by atoms with Gasteiger partial charge in [-0.1, -0.05) is 24.3 Å². The van der Waals surface area contributed by atoms with E-state index in [0.717, 1.165) is 22.3 Å². The molecular formula is C20H19NO3. The molecule has 5 N–H and O–H groups in total. The Kier molecular flexibility index (Phi) is 4.29. The monoisotopic (exact) mass is 321 g/mol. The van der Waals surface area contributed by atoms with Crippen LogP contribution in [0.5, 0.6) is 17.2 Å².